The van der Waals surface area contributed by atoms with Gasteiger partial charge in [-0.05, 0) is 37.3 Å². The van der Waals surface area contributed by atoms with Crippen molar-refractivity contribution in [1.29, 1.82) is 0 Å². The third kappa shape index (κ3) is 4.58. The Morgan fingerprint density at radius 1 is 1.30 bits per heavy atom. The average Bonchev–Trinajstić information content (AvgIpc) is 3.02. The smallest absolute Gasteiger partial charge is 0.320 e. The highest BCUT2D eigenvalue weighted by molar-refractivity contribution is 5.80. The van der Waals surface area contributed by atoms with Gasteiger partial charge in [0.15, 0.2) is 11.6 Å². The van der Waals surface area contributed by atoms with Gasteiger partial charge in [0, 0.05) is 13.1 Å². The summed E-state index contributed by atoms with van der Waals surface area (Å²) in [6, 6.07) is 5.75. The molecule has 2 aliphatic rings. The fourth-order valence-corrected chi connectivity index (χ4v) is 4.28. The number of ether oxygens (including phenoxy) is 1. The minimum absolute atomic E-state index is 0.105. The first-order valence-corrected chi connectivity index (χ1v) is 9.57. The Morgan fingerprint density at radius 2 is 2.04 bits per heavy atom. The number of fused-ring (bicyclic) bond motifs is 1. The highest BCUT2D eigenvalue weighted by atomic mass is 19.1. The van der Waals surface area contributed by atoms with Crippen LogP contribution in [0.1, 0.15) is 32.1 Å². The van der Waals surface area contributed by atoms with Gasteiger partial charge in [-0.3, -0.25) is 14.5 Å². The van der Waals surface area contributed by atoms with Crippen molar-refractivity contribution < 1.29 is 23.8 Å². The summed E-state index contributed by atoms with van der Waals surface area (Å²) in [6.45, 7) is 0.596. The van der Waals surface area contributed by atoms with E-state index in [1.54, 1.807) is 25.2 Å². The molecule has 1 N–H and O–H groups in total. The molecule has 3 atom stereocenters. The highest BCUT2D eigenvalue weighted by Crippen LogP contribution is 2.39. The van der Waals surface area contributed by atoms with Gasteiger partial charge in [-0.2, -0.15) is 0 Å². The fraction of sp³-hybridized carbons (Fsp3) is 0.600. The Hall–Kier alpha value is -2.15. The molecule has 148 valence electrons. The van der Waals surface area contributed by atoms with E-state index >= 15 is 0 Å². The average molecular weight is 378 g/mol. The second kappa shape index (κ2) is 8.69. The van der Waals surface area contributed by atoms with Crippen molar-refractivity contribution in [1.82, 2.24) is 9.80 Å². The highest BCUT2D eigenvalue weighted by Gasteiger charge is 2.45. The second-order valence-corrected chi connectivity index (χ2v) is 7.47. The predicted octanol–water partition coefficient (Wildman–Crippen LogP) is 2.38. The van der Waals surface area contributed by atoms with Crippen LogP contribution in [0.25, 0.3) is 0 Å². The molecule has 3 unspecified atom stereocenters. The first kappa shape index (κ1) is 19.6. The largest absolute Gasteiger partial charge is 0.489 e. The summed E-state index contributed by atoms with van der Waals surface area (Å²) in [5, 5.41) is 9.55. The Morgan fingerprint density at radius 3 is 2.78 bits per heavy atom. The number of benzene rings is 1. The molecule has 7 heteroatoms. The minimum Gasteiger partial charge on any atom is -0.489 e. The zero-order valence-corrected chi connectivity index (χ0v) is 15.6. The molecule has 1 aliphatic carbocycles. The number of hydrogen-bond acceptors (Lipinski definition) is 4. The molecule has 1 saturated heterocycles. The molecule has 1 heterocycles. The first-order valence-electron chi connectivity index (χ1n) is 9.57. The molecular weight excluding hydrogens is 351 g/mol. The van der Waals surface area contributed by atoms with Gasteiger partial charge in [0.1, 0.15) is 12.6 Å². The number of likely N-dealkylation sites (N-methyl/N-ethyl adjacent to an activating group) is 1. The van der Waals surface area contributed by atoms with Gasteiger partial charge < -0.3 is 14.7 Å². The predicted molar refractivity (Wildman–Crippen MR) is 98.0 cm³/mol. The van der Waals surface area contributed by atoms with Crippen LogP contribution < -0.4 is 4.74 Å². The number of likely N-dealkylation sites (tertiary alicyclic amines) is 1. The van der Waals surface area contributed by atoms with Crippen molar-refractivity contribution in [3.05, 3.63) is 30.1 Å². The van der Waals surface area contributed by atoms with Gasteiger partial charge in [0.2, 0.25) is 5.91 Å². The molecular formula is C20H27FN2O4. The van der Waals surface area contributed by atoms with E-state index < -0.39 is 17.8 Å². The van der Waals surface area contributed by atoms with Gasteiger partial charge in [0.25, 0.3) is 0 Å². The van der Waals surface area contributed by atoms with Crippen LogP contribution in [0.4, 0.5) is 4.39 Å². The molecule has 1 saturated carbocycles. The molecule has 1 aromatic rings. The van der Waals surface area contributed by atoms with E-state index in [0.717, 1.165) is 25.7 Å². The van der Waals surface area contributed by atoms with Crippen molar-refractivity contribution in [3.8, 4) is 5.75 Å². The van der Waals surface area contributed by atoms with Crippen molar-refractivity contribution >= 4 is 11.9 Å². The maximum Gasteiger partial charge on any atom is 0.320 e. The molecule has 2 fully saturated rings. The summed E-state index contributed by atoms with van der Waals surface area (Å²) < 4.78 is 18.9. The molecule has 1 amide bonds. The van der Waals surface area contributed by atoms with Gasteiger partial charge in [0.05, 0.1) is 13.1 Å². The van der Waals surface area contributed by atoms with E-state index in [4.69, 9.17) is 4.74 Å². The number of para-hydroxylation sites is 1. The molecule has 27 heavy (non-hydrogen) atoms. The lowest BCUT2D eigenvalue weighted by Gasteiger charge is -2.33. The van der Waals surface area contributed by atoms with E-state index in [0.29, 0.717) is 18.9 Å². The maximum atomic E-state index is 13.6. The van der Waals surface area contributed by atoms with E-state index in [1.807, 2.05) is 4.90 Å². The quantitative estimate of drug-likeness (QED) is 0.789. The topological polar surface area (TPSA) is 70.1 Å². The van der Waals surface area contributed by atoms with Crippen LogP contribution in [-0.2, 0) is 9.59 Å². The first-order chi connectivity index (χ1) is 13.0. The molecule has 0 spiro atoms. The van der Waals surface area contributed by atoms with Crippen LogP contribution in [0.5, 0.6) is 5.75 Å². The molecule has 3 rings (SSSR count). The summed E-state index contributed by atoms with van der Waals surface area (Å²) in [6.07, 6.45) is 4.87. The molecule has 6 nitrogen and oxygen atoms in total. The Labute approximate surface area is 158 Å². The zero-order chi connectivity index (χ0) is 19.4. The van der Waals surface area contributed by atoms with Crippen LogP contribution in [0.15, 0.2) is 24.3 Å². The van der Waals surface area contributed by atoms with Gasteiger partial charge >= 0.3 is 5.97 Å². The number of rotatable bonds is 7. The van der Waals surface area contributed by atoms with Crippen LogP contribution in [0, 0.1) is 11.7 Å². The van der Waals surface area contributed by atoms with Crippen LogP contribution in [0.2, 0.25) is 0 Å². The molecule has 1 aliphatic heterocycles. The van der Waals surface area contributed by atoms with Crippen molar-refractivity contribution in [3.63, 3.8) is 0 Å². The number of carbonyl (C=O) groups excluding carboxylic acids is 1. The number of nitrogens with zero attached hydrogens (tertiary/aromatic N) is 2. The van der Waals surface area contributed by atoms with Gasteiger partial charge in [-0.25, -0.2) is 4.39 Å². The standard InChI is InChI=1S/C20H27FN2O4/c1-22(10-11-27-18-9-5-3-7-15(18)21)19(24)13-23-16-8-4-2-6-14(16)12-17(23)20(25)26/h3,5,7,9,14,16-17H,2,4,6,8,10-13H2,1H3,(H,25,26). The summed E-state index contributed by atoms with van der Waals surface area (Å²) in [5.74, 6) is -0.875. The van der Waals surface area contributed by atoms with E-state index in [2.05, 4.69) is 0 Å². The van der Waals surface area contributed by atoms with Crippen LogP contribution in [-0.4, -0.2) is 65.6 Å². The number of aliphatic carboxylic acids is 1. The van der Waals surface area contributed by atoms with Gasteiger partial charge in [-0.15, -0.1) is 0 Å². The molecule has 0 radical (unpaired) electrons. The summed E-state index contributed by atoms with van der Waals surface area (Å²) in [5.41, 5.74) is 0. The second-order valence-electron chi connectivity index (χ2n) is 7.47. The normalized spacial score (nSPS) is 25.0. The third-order valence-electron chi connectivity index (χ3n) is 5.77. The fourth-order valence-electron chi connectivity index (χ4n) is 4.28. The molecule has 0 bridgehead atoms. The number of carboxylic acids is 1. The lowest BCUT2D eigenvalue weighted by Crippen LogP contribution is -2.48. The number of amides is 1. The van der Waals surface area contributed by atoms with Crippen LogP contribution >= 0.6 is 0 Å². The number of hydrogen-bond donors (Lipinski definition) is 1. The zero-order valence-electron chi connectivity index (χ0n) is 15.6. The Bertz CT molecular complexity index is 684. The van der Waals surface area contributed by atoms with Crippen LogP contribution in [0.3, 0.4) is 0 Å². The van der Waals surface area contributed by atoms with E-state index in [9.17, 15) is 19.1 Å². The number of carboxylic acid groups (broad SMARTS) is 1. The van der Waals surface area contributed by atoms with Crippen molar-refractivity contribution in [2.75, 3.05) is 26.7 Å². The monoisotopic (exact) mass is 378 g/mol. The summed E-state index contributed by atoms with van der Waals surface area (Å²) >= 11 is 0. The third-order valence-corrected chi connectivity index (χ3v) is 5.77. The number of carbonyl (C=O) groups is 2. The molecule has 0 aromatic heterocycles. The Balaban J connectivity index is 1.53. The van der Waals surface area contributed by atoms with Gasteiger partial charge in [-0.1, -0.05) is 25.0 Å². The Kier molecular flexibility index (Phi) is 6.31. The minimum atomic E-state index is -0.845. The van der Waals surface area contributed by atoms with Crippen molar-refractivity contribution in [2.45, 2.75) is 44.2 Å². The maximum absolute atomic E-state index is 13.6. The molecule has 1 aromatic carbocycles. The van der Waals surface area contributed by atoms with Crippen molar-refractivity contribution in [2.24, 2.45) is 5.92 Å². The lowest BCUT2D eigenvalue weighted by atomic mass is 9.85. The lowest BCUT2D eigenvalue weighted by molar-refractivity contribution is -0.144. The van der Waals surface area contributed by atoms with E-state index in [-0.39, 0.29) is 30.9 Å². The summed E-state index contributed by atoms with van der Waals surface area (Å²) in [7, 11) is 1.66. The van der Waals surface area contributed by atoms with E-state index in [1.165, 1.54) is 11.0 Å². The SMILES string of the molecule is CN(CCOc1ccccc1F)C(=O)CN1C(C(=O)O)CC2CCCCC21. The number of halogens is 1. The summed E-state index contributed by atoms with van der Waals surface area (Å²) in [4.78, 5) is 27.7.